The van der Waals surface area contributed by atoms with Gasteiger partial charge in [0.15, 0.2) is 0 Å². The summed E-state index contributed by atoms with van der Waals surface area (Å²) in [6, 6.07) is 6.84. The lowest BCUT2D eigenvalue weighted by Crippen LogP contribution is -2.29. The standard InChI is InChI=1S/C14H13NO3/c1-2-3-10-18-12-6-4-11(5-7-12)15-13(16)8-9-14(15)17/h2-9H,10H2,1H3. The van der Waals surface area contributed by atoms with E-state index in [1.54, 1.807) is 24.3 Å². The van der Waals surface area contributed by atoms with Crippen LogP contribution in [0.15, 0.2) is 48.6 Å². The Morgan fingerprint density at radius 2 is 1.72 bits per heavy atom. The molecule has 0 atom stereocenters. The molecule has 0 spiro atoms. The average molecular weight is 243 g/mol. The number of benzene rings is 1. The lowest BCUT2D eigenvalue weighted by molar-refractivity contribution is -0.119. The molecule has 1 aromatic carbocycles. The molecule has 0 aromatic heterocycles. The molecule has 0 unspecified atom stereocenters. The highest BCUT2D eigenvalue weighted by Gasteiger charge is 2.24. The Labute approximate surface area is 105 Å². The van der Waals surface area contributed by atoms with Crippen molar-refractivity contribution in [3.8, 4) is 5.75 Å². The Bertz CT molecular complexity index is 496. The van der Waals surface area contributed by atoms with Crippen LogP contribution in [0, 0.1) is 0 Å². The third-order valence-electron chi connectivity index (χ3n) is 2.49. The Morgan fingerprint density at radius 1 is 1.11 bits per heavy atom. The van der Waals surface area contributed by atoms with Crippen molar-refractivity contribution in [1.29, 1.82) is 0 Å². The summed E-state index contributed by atoms with van der Waals surface area (Å²) >= 11 is 0. The first kappa shape index (κ1) is 12.1. The number of allylic oxidation sites excluding steroid dienone is 1. The van der Waals surface area contributed by atoms with Crippen LogP contribution in [0.1, 0.15) is 6.92 Å². The van der Waals surface area contributed by atoms with E-state index in [0.29, 0.717) is 18.0 Å². The minimum absolute atomic E-state index is 0.317. The van der Waals surface area contributed by atoms with Crippen molar-refractivity contribution in [2.45, 2.75) is 6.92 Å². The van der Waals surface area contributed by atoms with Crippen LogP contribution in [0.5, 0.6) is 5.75 Å². The molecule has 0 saturated heterocycles. The molecule has 1 aliphatic rings. The predicted octanol–water partition coefficient (Wildman–Crippen LogP) is 2.07. The van der Waals surface area contributed by atoms with Gasteiger partial charge in [-0.2, -0.15) is 0 Å². The first-order valence-corrected chi connectivity index (χ1v) is 5.62. The SMILES string of the molecule is CC=CCOc1ccc(N2C(=O)C=CC2=O)cc1. The van der Waals surface area contributed by atoms with Crippen LogP contribution in [0.4, 0.5) is 5.69 Å². The summed E-state index contributed by atoms with van der Waals surface area (Å²) in [7, 11) is 0. The van der Waals surface area contributed by atoms with Crippen LogP contribution in [0.25, 0.3) is 0 Å². The van der Waals surface area contributed by atoms with Gasteiger partial charge in [0.1, 0.15) is 12.4 Å². The van der Waals surface area contributed by atoms with Gasteiger partial charge in [0, 0.05) is 12.2 Å². The first-order chi connectivity index (χ1) is 8.72. The highest BCUT2D eigenvalue weighted by Crippen LogP contribution is 2.22. The van der Waals surface area contributed by atoms with Gasteiger partial charge in [-0.05, 0) is 31.2 Å². The van der Waals surface area contributed by atoms with Gasteiger partial charge in [-0.3, -0.25) is 9.59 Å². The number of ether oxygens (including phenoxy) is 1. The molecular formula is C14H13NO3. The fourth-order valence-corrected chi connectivity index (χ4v) is 1.59. The number of rotatable bonds is 4. The monoisotopic (exact) mass is 243 g/mol. The molecule has 1 aromatic rings. The summed E-state index contributed by atoms with van der Waals surface area (Å²) in [5.41, 5.74) is 0.549. The molecule has 92 valence electrons. The van der Waals surface area contributed by atoms with Crippen LogP contribution in [-0.4, -0.2) is 18.4 Å². The van der Waals surface area contributed by atoms with Crippen molar-refractivity contribution in [2.75, 3.05) is 11.5 Å². The second kappa shape index (κ2) is 5.31. The maximum atomic E-state index is 11.5. The molecular weight excluding hydrogens is 230 g/mol. The fourth-order valence-electron chi connectivity index (χ4n) is 1.59. The molecule has 0 N–H and O–H groups in total. The number of hydrogen-bond acceptors (Lipinski definition) is 3. The molecule has 0 fully saturated rings. The van der Waals surface area contributed by atoms with Crippen LogP contribution >= 0.6 is 0 Å². The topological polar surface area (TPSA) is 46.6 Å². The number of carbonyl (C=O) groups excluding carboxylic acids is 2. The minimum atomic E-state index is -0.317. The molecule has 2 amide bonds. The van der Waals surface area contributed by atoms with Crippen LogP contribution in [0.2, 0.25) is 0 Å². The van der Waals surface area contributed by atoms with Gasteiger partial charge >= 0.3 is 0 Å². The third kappa shape index (κ3) is 2.48. The van der Waals surface area contributed by atoms with Crippen molar-refractivity contribution >= 4 is 17.5 Å². The number of amides is 2. The van der Waals surface area contributed by atoms with E-state index in [-0.39, 0.29) is 11.8 Å². The van der Waals surface area contributed by atoms with Crippen LogP contribution in [0.3, 0.4) is 0 Å². The predicted molar refractivity (Wildman–Crippen MR) is 68.4 cm³/mol. The molecule has 4 heteroatoms. The zero-order valence-corrected chi connectivity index (χ0v) is 10.00. The first-order valence-electron chi connectivity index (χ1n) is 5.62. The Morgan fingerprint density at radius 3 is 2.28 bits per heavy atom. The summed E-state index contributed by atoms with van der Waals surface area (Å²) < 4.78 is 5.43. The van der Waals surface area contributed by atoms with E-state index in [1.807, 2.05) is 19.1 Å². The molecule has 18 heavy (non-hydrogen) atoms. The van der Waals surface area contributed by atoms with Crippen molar-refractivity contribution in [2.24, 2.45) is 0 Å². The summed E-state index contributed by atoms with van der Waals surface area (Å²) in [6.45, 7) is 2.42. The molecule has 1 aliphatic heterocycles. The van der Waals surface area contributed by atoms with E-state index in [0.717, 1.165) is 4.90 Å². The summed E-state index contributed by atoms with van der Waals surface area (Å²) in [5.74, 6) is 0.0640. The highest BCUT2D eigenvalue weighted by molar-refractivity contribution is 6.28. The van der Waals surface area contributed by atoms with Crippen molar-refractivity contribution in [3.05, 3.63) is 48.6 Å². The summed E-state index contributed by atoms with van der Waals surface area (Å²) in [4.78, 5) is 24.0. The smallest absolute Gasteiger partial charge is 0.258 e. The van der Waals surface area contributed by atoms with E-state index >= 15 is 0 Å². The molecule has 0 radical (unpaired) electrons. The molecule has 1 heterocycles. The van der Waals surface area contributed by atoms with E-state index in [9.17, 15) is 9.59 Å². The second-order valence-corrected chi connectivity index (χ2v) is 3.72. The molecule has 0 saturated carbocycles. The lowest BCUT2D eigenvalue weighted by Gasteiger charge is -2.14. The Kier molecular flexibility index (Phi) is 3.57. The number of nitrogens with zero attached hydrogens (tertiary/aromatic N) is 1. The molecule has 0 aliphatic carbocycles. The van der Waals surface area contributed by atoms with Gasteiger partial charge in [-0.1, -0.05) is 12.2 Å². The van der Waals surface area contributed by atoms with E-state index in [2.05, 4.69) is 0 Å². The van der Waals surface area contributed by atoms with E-state index in [4.69, 9.17) is 4.74 Å². The second-order valence-electron chi connectivity index (χ2n) is 3.72. The average Bonchev–Trinajstić information content (AvgIpc) is 2.71. The number of imide groups is 1. The Balaban J connectivity index is 2.08. The molecule has 4 nitrogen and oxygen atoms in total. The van der Waals surface area contributed by atoms with Crippen molar-refractivity contribution < 1.29 is 14.3 Å². The van der Waals surface area contributed by atoms with E-state index in [1.165, 1.54) is 12.2 Å². The van der Waals surface area contributed by atoms with Gasteiger partial charge < -0.3 is 4.74 Å². The minimum Gasteiger partial charge on any atom is -0.490 e. The molecule has 2 rings (SSSR count). The quantitative estimate of drug-likeness (QED) is 0.600. The highest BCUT2D eigenvalue weighted by atomic mass is 16.5. The van der Waals surface area contributed by atoms with Crippen molar-refractivity contribution in [3.63, 3.8) is 0 Å². The van der Waals surface area contributed by atoms with Gasteiger partial charge in [-0.25, -0.2) is 4.90 Å². The van der Waals surface area contributed by atoms with Gasteiger partial charge in [-0.15, -0.1) is 0 Å². The normalized spacial score (nSPS) is 14.8. The van der Waals surface area contributed by atoms with E-state index < -0.39 is 0 Å². The zero-order valence-electron chi connectivity index (χ0n) is 10.00. The van der Waals surface area contributed by atoms with Gasteiger partial charge in [0.05, 0.1) is 5.69 Å². The summed E-state index contributed by atoms with van der Waals surface area (Å²) in [5, 5.41) is 0. The zero-order chi connectivity index (χ0) is 13.0. The molecule has 0 bridgehead atoms. The summed E-state index contributed by atoms with van der Waals surface area (Å²) in [6.07, 6.45) is 6.32. The lowest BCUT2D eigenvalue weighted by atomic mass is 10.3. The Hall–Kier alpha value is -2.36. The number of carbonyl (C=O) groups is 2. The largest absolute Gasteiger partial charge is 0.490 e. The third-order valence-corrected chi connectivity index (χ3v) is 2.49. The fraction of sp³-hybridized carbons (Fsp3) is 0.143. The maximum Gasteiger partial charge on any atom is 0.258 e. The van der Waals surface area contributed by atoms with Gasteiger partial charge in [0.25, 0.3) is 11.8 Å². The maximum absolute atomic E-state index is 11.5. The van der Waals surface area contributed by atoms with Gasteiger partial charge in [0.2, 0.25) is 0 Å². The van der Waals surface area contributed by atoms with Crippen molar-refractivity contribution in [1.82, 2.24) is 0 Å². The number of hydrogen-bond donors (Lipinski definition) is 0. The van der Waals surface area contributed by atoms with Crippen LogP contribution < -0.4 is 9.64 Å². The van der Waals surface area contributed by atoms with Crippen LogP contribution in [-0.2, 0) is 9.59 Å². The number of anilines is 1.